The maximum atomic E-state index is 5.76. The van der Waals surface area contributed by atoms with E-state index < -0.39 is 0 Å². The summed E-state index contributed by atoms with van der Waals surface area (Å²) >= 11 is 0. The van der Waals surface area contributed by atoms with Crippen molar-refractivity contribution in [2.24, 2.45) is 0 Å². The molecule has 6 heteroatoms. The first kappa shape index (κ1) is 14.1. The monoisotopic (exact) mass is 275 g/mol. The molecule has 0 unspecified atom stereocenters. The number of nitrogens with one attached hydrogen (secondary N) is 1. The third-order valence-electron chi connectivity index (χ3n) is 2.64. The smallest absolute Gasteiger partial charge is 0.268 e. The van der Waals surface area contributed by atoms with Gasteiger partial charge in [0.15, 0.2) is 5.82 Å². The number of aromatic nitrogens is 2. The Morgan fingerprint density at radius 1 is 1.20 bits per heavy atom. The number of hydrogen-bond acceptors (Lipinski definition) is 6. The molecule has 0 atom stereocenters. The molecule has 1 aromatic carbocycles. The lowest BCUT2D eigenvalue weighted by atomic mass is 10.2. The number of benzene rings is 1. The topological polar surface area (TPSA) is 65.5 Å². The fourth-order valence-corrected chi connectivity index (χ4v) is 1.77. The zero-order chi connectivity index (χ0) is 14.4. The van der Waals surface area contributed by atoms with Gasteiger partial charge in [-0.05, 0) is 17.7 Å². The first-order chi connectivity index (χ1) is 9.78. The Kier molecular flexibility index (Phi) is 4.73. The van der Waals surface area contributed by atoms with Gasteiger partial charge in [0.1, 0.15) is 12.1 Å². The van der Waals surface area contributed by atoms with Crippen molar-refractivity contribution in [3.05, 3.63) is 36.2 Å². The summed E-state index contributed by atoms with van der Waals surface area (Å²) in [6, 6.07) is 7.60. The van der Waals surface area contributed by atoms with Gasteiger partial charge in [-0.1, -0.05) is 12.1 Å². The van der Waals surface area contributed by atoms with Gasteiger partial charge in [0, 0.05) is 14.2 Å². The highest BCUT2D eigenvalue weighted by Crippen LogP contribution is 2.33. The lowest BCUT2D eigenvalue weighted by Crippen LogP contribution is -2.01. The number of hydrogen-bond donors (Lipinski definition) is 1. The van der Waals surface area contributed by atoms with Crippen LogP contribution in [-0.2, 0) is 11.3 Å². The maximum absolute atomic E-state index is 5.76. The van der Waals surface area contributed by atoms with Crippen LogP contribution in [0.4, 0.5) is 5.82 Å². The highest BCUT2D eigenvalue weighted by molar-refractivity contribution is 5.55. The van der Waals surface area contributed by atoms with E-state index in [2.05, 4.69) is 15.3 Å². The highest BCUT2D eigenvalue weighted by Gasteiger charge is 2.13. The molecular formula is C14H17N3O3. The van der Waals surface area contributed by atoms with Crippen molar-refractivity contribution in [2.45, 2.75) is 6.61 Å². The Labute approximate surface area is 117 Å². The first-order valence-electron chi connectivity index (χ1n) is 6.11. The number of nitrogens with zero attached hydrogens (tertiary/aromatic N) is 2. The first-order valence-corrected chi connectivity index (χ1v) is 6.11. The molecule has 106 valence electrons. The SMILES string of the molecule is CNc1ncnc(Oc2cccc(COC)c2)c1OC. The largest absolute Gasteiger partial charge is 0.489 e. The number of ether oxygens (including phenoxy) is 3. The van der Waals surface area contributed by atoms with Gasteiger partial charge in [0.25, 0.3) is 5.88 Å². The summed E-state index contributed by atoms with van der Waals surface area (Å²) in [6.07, 6.45) is 1.42. The Hall–Kier alpha value is -2.34. The van der Waals surface area contributed by atoms with Crippen LogP contribution in [0.1, 0.15) is 5.56 Å². The minimum atomic E-state index is 0.362. The van der Waals surface area contributed by atoms with Crippen LogP contribution >= 0.6 is 0 Å². The van der Waals surface area contributed by atoms with Crippen molar-refractivity contribution in [1.82, 2.24) is 9.97 Å². The van der Waals surface area contributed by atoms with Crippen molar-refractivity contribution in [3.8, 4) is 17.4 Å². The molecule has 0 amide bonds. The van der Waals surface area contributed by atoms with Gasteiger partial charge in [-0.2, -0.15) is 4.98 Å². The van der Waals surface area contributed by atoms with E-state index in [0.29, 0.717) is 29.8 Å². The summed E-state index contributed by atoms with van der Waals surface area (Å²) in [5.41, 5.74) is 1.02. The van der Waals surface area contributed by atoms with E-state index in [-0.39, 0.29) is 0 Å². The van der Waals surface area contributed by atoms with Crippen molar-refractivity contribution >= 4 is 5.82 Å². The van der Waals surface area contributed by atoms with Gasteiger partial charge in [0.05, 0.1) is 13.7 Å². The van der Waals surface area contributed by atoms with E-state index in [1.165, 1.54) is 6.33 Å². The number of anilines is 1. The van der Waals surface area contributed by atoms with E-state index in [1.807, 2.05) is 24.3 Å². The number of methoxy groups -OCH3 is 2. The fraction of sp³-hybridized carbons (Fsp3) is 0.286. The van der Waals surface area contributed by atoms with E-state index in [1.54, 1.807) is 21.3 Å². The summed E-state index contributed by atoms with van der Waals surface area (Å²) in [5, 5.41) is 2.93. The van der Waals surface area contributed by atoms with Crippen LogP contribution in [0, 0.1) is 0 Å². The van der Waals surface area contributed by atoms with E-state index in [4.69, 9.17) is 14.2 Å². The molecule has 2 aromatic rings. The maximum Gasteiger partial charge on any atom is 0.268 e. The summed E-state index contributed by atoms with van der Waals surface area (Å²) < 4.78 is 16.1. The minimum Gasteiger partial charge on any atom is -0.489 e. The van der Waals surface area contributed by atoms with Crippen molar-refractivity contribution in [3.63, 3.8) is 0 Å². The highest BCUT2D eigenvalue weighted by atomic mass is 16.5. The molecule has 1 N–H and O–H groups in total. The van der Waals surface area contributed by atoms with Crippen molar-refractivity contribution < 1.29 is 14.2 Å². The van der Waals surface area contributed by atoms with Gasteiger partial charge in [-0.15, -0.1) is 0 Å². The molecule has 0 radical (unpaired) electrons. The fourth-order valence-electron chi connectivity index (χ4n) is 1.77. The van der Waals surface area contributed by atoms with Gasteiger partial charge in [-0.3, -0.25) is 0 Å². The molecular weight excluding hydrogens is 258 g/mol. The van der Waals surface area contributed by atoms with E-state index in [9.17, 15) is 0 Å². The predicted molar refractivity (Wildman–Crippen MR) is 75.4 cm³/mol. The van der Waals surface area contributed by atoms with Crippen LogP contribution in [0.3, 0.4) is 0 Å². The standard InChI is InChI=1S/C14H17N3O3/c1-15-13-12(19-3)14(17-9-16-13)20-11-6-4-5-10(7-11)8-18-2/h4-7,9H,8H2,1-3H3,(H,15,16,17). The van der Waals surface area contributed by atoms with Crippen LogP contribution < -0.4 is 14.8 Å². The van der Waals surface area contributed by atoms with Gasteiger partial charge in [0.2, 0.25) is 5.75 Å². The van der Waals surface area contributed by atoms with Crippen LogP contribution in [0.5, 0.6) is 17.4 Å². The third kappa shape index (κ3) is 3.16. The quantitative estimate of drug-likeness (QED) is 0.873. The second-order valence-electron chi connectivity index (χ2n) is 3.99. The summed E-state index contributed by atoms with van der Waals surface area (Å²) in [7, 11) is 4.96. The van der Waals surface area contributed by atoms with Crippen LogP contribution in [-0.4, -0.2) is 31.2 Å². The molecule has 0 fully saturated rings. The number of rotatable bonds is 6. The molecule has 0 aliphatic carbocycles. The van der Waals surface area contributed by atoms with Crippen molar-refractivity contribution in [1.29, 1.82) is 0 Å². The zero-order valence-corrected chi connectivity index (χ0v) is 11.7. The van der Waals surface area contributed by atoms with Gasteiger partial charge in [-0.25, -0.2) is 4.98 Å². The summed E-state index contributed by atoms with van der Waals surface area (Å²) in [5.74, 6) is 2.07. The van der Waals surface area contributed by atoms with Crippen LogP contribution in [0.2, 0.25) is 0 Å². The molecule has 0 saturated carbocycles. The molecule has 0 aliphatic heterocycles. The molecule has 0 bridgehead atoms. The molecule has 0 spiro atoms. The predicted octanol–water partition coefficient (Wildman–Crippen LogP) is 2.47. The lowest BCUT2D eigenvalue weighted by molar-refractivity contribution is 0.184. The average Bonchev–Trinajstić information content (AvgIpc) is 2.47. The average molecular weight is 275 g/mol. The summed E-state index contributed by atoms with van der Waals surface area (Å²) in [6.45, 7) is 0.528. The summed E-state index contributed by atoms with van der Waals surface area (Å²) in [4.78, 5) is 8.17. The molecule has 0 aliphatic rings. The molecule has 20 heavy (non-hydrogen) atoms. The zero-order valence-electron chi connectivity index (χ0n) is 11.7. The molecule has 1 aromatic heterocycles. The molecule has 2 rings (SSSR count). The van der Waals surface area contributed by atoms with Gasteiger partial charge < -0.3 is 19.5 Å². The van der Waals surface area contributed by atoms with Crippen molar-refractivity contribution in [2.75, 3.05) is 26.6 Å². The molecule has 1 heterocycles. The van der Waals surface area contributed by atoms with Gasteiger partial charge >= 0.3 is 0 Å². The van der Waals surface area contributed by atoms with E-state index in [0.717, 1.165) is 5.56 Å². The van der Waals surface area contributed by atoms with Crippen LogP contribution in [0.25, 0.3) is 0 Å². The second kappa shape index (κ2) is 6.72. The normalized spacial score (nSPS) is 10.2. The Bertz CT molecular complexity index is 575. The lowest BCUT2D eigenvalue weighted by Gasteiger charge is -2.12. The Balaban J connectivity index is 2.27. The second-order valence-corrected chi connectivity index (χ2v) is 3.99. The minimum absolute atomic E-state index is 0.362. The molecule has 6 nitrogen and oxygen atoms in total. The third-order valence-corrected chi connectivity index (χ3v) is 2.64. The Morgan fingerprint density at radius 2 is 2.05 bits per heavy atom. The van der Waals surface area contributed by atoms with Crippen LogP contribution in [0.15, 0.2) is 30.6 Å². The van der Waals surface area contributed by atoms with E-state index >= 15 is 0 Å². The molecule has 0 saturated heterocycles. The Morgan fingerprint density at radius 3 is 2.75 bits per heavy atom.